The maximum Gasteiger partial charge on any atom is 0.163 e. The van der Waals surface area contributed by atoms with Crippen LogP contribution in [-0.2, 0) is 6.42 Å². The zero-order chi connectivity index (χ0) is 12.3. The van der Waals surface area contributed by atoms with Crippen molar-refractivity contribution in [3.8, 4) is 0 Å². The minimum Gasteiger partial charge on any atom is -0.294 e. The van der Waals surface area contributed by atoms with Gasteiger partial charge in [-0.05, 0) is 53.4 Å². The van der Waals surface area contributed by atoms with Gasteiger partial charge in [0, 0.05) is 16.5 Å². The van der Waals surface area contributed by atoms with E-state index in [1.807, 2.05) is 30.5 Å². The van der Waals surface area contributed by atoms with E-state index in [0.29, 0.717) is 6.42 Å². The van der Waals surface area contributed by atoms with E-state index in [1.54, 1.807) is 11.3 Å². The topological polar surface area (TPSA) is 17.1 Å². The van der Waals surface area contributed by atoms with Crippen LogP contribution >= 0.6 is 27.3 Å². The SMILES string of the molecule is Cc1ccc(Br)cc1C(=O)CCc1ccsc1. The van der Waals surface area contributed by atoms with Crippen LogP contribution in [0.15, 0.2) is 39.5 Å². The highest BCUT2D eigenvalue weighted by molar-refractivity contribution is 9.10. The molecule has 0 amide bonds. The van der Waals surface area contributed by atoms with Crippen LogP contribution in [-0.4, -0.2) is 5.78 Å². The van der Waals surface area contributed by atoms with Gasteiger partial charge in [-0.1, -0.05) is 22.0 Å². The van der Waals surface area contributed by atoms with Crippen LogP contribution in [0.3, 0.4) is 0 Å². The molecule has 0 unspecified atom stereocenters. The first-order valence-corrected chi connectivity index (χ1v) is 7.21. The Bertz CT molecular complexity index is 517. The molecule has 1 aromatic carbocycles. The molecular weight excluding hydrogens is 296 g/mol. The fraction of sp³-hybridized carbons (Fsp3) is 0.214. The third-order valence-corrected chi connectivity index (χ3v) is 3.95. The summed E-state index contributed by atoms with van der Waals surface area (Å²) in [5.41, 5.74) is 3.12. The number of Topliss-reactive ketones (excluding diaryl/α,β-unsaturated/α-hetero) is 1. The quantitative estimate of drug-likeness (QED) is 0.752. The molecule has 0 bridgehead atoms. The van der Waals surface area contributed by atoms with Crippen molar-refractivity contribution >= 4 is 33.0 Å². The van der Waals surface area contributed by atoms with E-state index in [0.717, 1.165) is 22.0 Å². The highest BCUT2D eigenvalue weighted by Gasteiger charge is 2.09. The number of benzene rings is 1. The average molecular weight is 309 g/mol. The van der Waals surface area contributed by atoms with Crippen molar-refractivity contribution in [2.45, 2.75) is 19.8 Å². The Labute approximate surface area is 114 Å². The summed E-state index contributed by atoms with van der Waals surface area (Å²) in [5.74, 6) is 0.218. The predicted molar refractivity (Wildman–Crippen MR) is 75.8 cm³/mol. The van der Waals surface area contributed by atoms with E-state index in [2.05, 4.69) is 27.4 Å². The molecule has 0 N–H and O–H groups in total. The summed E-state index contributed by atoms with van der Waals surface area (Å²) < 4.78 is 0.960. The largest absolute Gasteiger partial charge is 0.294 e. The smallest absolute Gasteiger partial charge is 0.163 e. The molecule has 17 heavy (non-hydrogen) atoms. The minimum absolute atomic E-state index is 0.218. The second-order valence-electron chi connectivity index (χ2n) is 4.01. The van der Waals surface area contributed by atoms with Gasteiger partial charge in [0.15, 0.2) is 5.78 Å². The van der Waals surface area contributed by atoms with Gasteiger partial charge in [-0.15, -0.1) is 0 Å². The zero-order valence-electron chi connectivity index (χ0n) is 9.57. The maximum absolute atomic E-state index is 12.1. The standard InChI is InChI=1S/C14H13BrOS/c1-10-2-4-12(15)8-13(10)14(16)5-3-11-6-7-17-9-11/h2,4,6-9H,3,5H2,1H3. The second kappa shape index (κ2) is 5.61. The summed E-state index contributed by atoms with van der Waals surface area (Å²) in [6.07, 6.45) is 1.41. The molecule has 0 aliphatic heterocycles. The van der Waals surface area contributed by atoms with Crippen molar-refractivity contribution in [2.75, 3.05) is 0 Å². The molecule has 3 heteroatoms. The lowest BCUT2D eigenvalue weighted by Gasteiger charge is -2.05. The van der Waals surface area contributed by atoms with Crippen molar-refractivity contribution in [2.24, 2.45) is 0 Å². The van der Waals surface area contributed by atoms with Gasteiger partial charge in [0.1, 0.15) is 0 Å². The third-order valence-electron chi connectivity index (χ3n) is 2.72. The molecule has 1 aromatic heterocycles. The zero-order valence-corrected chi connectivity index (χ0v) is 12.0. The van der Waals surface area contributed by atoms with E-state index in [9.17, 15) is 4.79 Å². The van der Waals surface area contributed by atoms with Crippen LogP contribution in [0.1, 0.15) is 27.9 Å². The van der Waals surface area contributed by atoms with Crippen molar-refractivity contribution in [3.63, 3.8) is 0 Å². The monoisotopic (exact) mass is 308 g/mol. The van der Waals surface area contributed by atoms with Gasteiger partial charge in [0.2, 0.25) is 0 Å². The fourth-order valence-corrected chi connectivity index (χ4v) is 2.79. The summed E-state index contributed by atoms with van der Waals surface area (Å²) in [4.78, 5) is 12.1. The van der Waals surface area contributed by atoms with Crippen LogP contribution in [0.4, 0.5) is 0 Å². The Morgan fingerprint density at radius 2 is 2.18 bits per heavy atom. The number of halogens is 1. The van der Waals surface area contributed by atoms with Crippen molar-refractivity contribution < 1.29 is 4.79 Å². The van der Waals surface area contributed by atoms with Crippen LogP contribution in [0.2, 0.25) is 0 Å². The highest BCUT2D eigenvalue weighted by Crippen LogP contribution is 2.18. The van der Waals surface area contributed by atoms with Crippen molar-refractivity contribution in [1.82, 2.24) is 0 Å². The molecule has 2 rings (SSSR count). The van der Waals surface area contributed by atoms with Crippen LogP contribution in [0.5, 0.6) is 0 Å². The third kappa shape index (κ3) is 3.27. The molecule has 1 heterocycles. The normalized spacial score (nSPS) is 10.5. The lowest BCUT2D eigenvalue weighted by molar-refractivity contribution is 0.0982. The predicted octanol–water partition coefficient (Wildman–Crippen LogP) is 4.63. The van der Waals surface area contributed by atoms with Gasteiger partial charge < -0.3 is 0 Å². The maximum atomic E-state index is 12.1. The van der Waals surface area contributed by atoms with E-state index in [4.69, 9.17) is 0 Å². The van der Waals surface area contributed by atoms with Crippen molar-refractivity contribution in [1.29, 1.82) is 0 Å². The number of hydrogen-bond acceptors (Lipinski definition) is 2. The molecule has 0 atom stereocenters. The number of hydrogen-bond donors (Lipinski definition) is 0. The van der Waals surface area contributed by atoms with Gasteiger partial charge in [-0.3, -0.25) is 4.79 Å². The summed E-state index contributed by atoms with van der Waals surface area (Å²) in [6, 6.07) is 7.92. The van der Waals surface area contributed by atoms with E-state index in [-0.39, 0.29) is 5.78 Å². The number of thiophene rings is 1. The molecule has 0 aliphatic rings. The van der Waals surface area contributed by atoms with E-state index < -0.39 is 0 Å². The molecule has 0 radical (unpaired) electrons. The average Bonchev–Trinajstić information content (AvgIpc) is 2.82. The van der Waals surface area contributed by atoms with Gasteiger partial charge in [0.25, 0.3) is 0 Å². The van der Waals surface area contributed by atoms with Crippen LogP contribution < -0.4 is 0 Å². The lowest BCUT2D eigenvalue weighted by atomic mass is 10.0. The Hall–Kier alpha value is -0.930. The van der Waals surface area contributed by atoms with E-state index >= 15 is 0 Å². The van der Waals surface area contributed by atoms with Crippen LogP contribution in [0.25, 0.3) is 0 Å². The van der Waals surface area contributed by atoms with E-state index in [1.165, 1.54) is 5.56 Å². The van der Waals surface area contributed by atoms with Gasteiger partial charge in [-0.2, -0.15) is 11.3 Å². The van der Waals surface area contributed by atoms with Crippen LogP contribution in [0, 0.1) is 6.92 Å². The molecule has 2 aromatic rings. The summed E-state index contributed by atoms with van der Waals surface area (Å²) >= 11 is 5.08. The summed E-state index contributed by atoms with van der Waals surface area (Å²) in [5, 5.41) is 4.14. The Morgan fingerprint density at radius 1 is 1.35 bits per heavy atom. The number of rotatable bonds is 4. The molecule has 0 fully saturated rings. The number of carbonyl (C=O) groups is 1. The number of carbonyl (C=O) groups excluding carboxylic acids is 1. The molecule has 0 saturated carbocycles. The Morgan fingerprint density at radius 3 is 2.88 bits per heavy atom. The van der Waals surface area contributed by atoms with Gasteiger partial charge in [0.05, 0.1) is 0 Å². The molecule has 1 nitrogen and oxygen atoms in total. The number of aryl methyl sites for hydroxylation is 2. The first-order valence-electron chi connectivity index (χ1n) is 5.47. The summed E-state index contributed by atoms with van der Waals surface area (Å²) in [7, 11) is 0. The molecule has 88 valence electrons. The Kier molecular flexibility index (Phi) is 4.13. The minimum atomic E-state index is 0.218. The molecule has 0 aliphatic carbocycles. The first kappa shape index (κ1) is 12.5. The molecule has 0 saturated heterocycles. The van der Waals surface area contributed by atoms with Crippen molar-refractivity contribution in [3.05, 3.63) is 56.2 Å². The first-order chi connectivity index (χ1) is 8.16. The second-order valence-corrected chi connectivity index (χ2v) is 5.71. The molecule has 0 spiro atoms. The highest BCUT2D eigenvalue weighted by atomic mass is 79.9. The number of ketones is 1. The van der Waals surface area contributed by atoms with Gasteiger partial charge in [-0.25, -0.2) is 0 Å². The lowest BCUT2D eigenvalue weighted by Crippen LogP contribution is -2.03. The molecular formula is C14H13BrOS. The summed E-state index contributed by atoms with van der Waals surface area (Å²) in [6.45, 7) is 1.98. The Balaban J connectivity index is 2.07. The van der Waals surface area contributed by atoms with Gasteiger partial charge >= 0.3 is 0 Å². The fourth-order valence-electron chi connectivity index (χ4n) is 1.72.